The molecule has 0 atom stereocenters. The first-order valence-electron chi connectivity index (χ1n) is 4.46. The molecule has 0 saturated heterocycles. The molecule has 0 aliphatic carbocycles. The van der Waals surface area contributed by atoms with Crippen LogP contribution in [0.25, 0.3) is 10.8 Å². The molecule has 0 amide bonds. The van der Waals surface area contributed by atoms with Gasteiger partial charge in [-0.2, -0.15) is 0 Å². The second kappa shape index (κ2) is 3.69. The predicted octanol–water partition coefficient (Wildman–Crippen LogP) is 1.50. The van der Waals surface area contributed by atoms with Crippen molar-refractivity contribution in [2.24, 2.45) is 0 Å². The molecule has 2 aromatic rings. The molecule has 1 aromatic carbocycles. The molecule has 0 radical (unpaired) electrons. The quantitative estimate of drug-likeness (QED) is 0.829. The number of hydrogen-bond donors (Lipinski definition) is 1. The molecule has 82 valence electrons. The van der Waals surface area contributed by atoms with Crippen LogP contribution in [0.2, 0.25) is 0 Å². The van der Waals surface area contributed by atoms with E-state index in [0.29, 0.717) is 11.1 Å². The van der Waals surface area contributed by atoms with E-state index in [1.54, 1.807) is 6.07 Å². The number of benzene rings is 1. The second-order valence-corrected chi connectivity index (χ2v) is 3.15. The van der Waals surface area contributed by atoms with E-state index >= 15 is 0 Å². The van der Waals surface area contributed by atoms with E-state index in [0.717, 1.165) is 6.26 Å². The minimum atomic E-state index is -1.15. The minimum Gasteiger partial charge on any atom is -0.497 e. The SMILES string of the molecule is COc1ccc2c(=O)occ(C(=O)O)c2c1. The molecule has 16 heavy (non-hydrogen) atoms. The summed E-state index contributed by atoms with van der Waals surface area (Å²) in [5.74, 6) is -0.664. The van der Waals surface area contributed by atoms with Crippen LogP contribution < -0.4 is 10.4 Å². The van der Waals surface area contributed by atoms with Crippen LogP contribution in [0.4, 0.5) is 0 Å². The maximum atomic E-state index is 11.4. The van der Waals surface area contributed by atoms with Crippen LogP contribution in [0.1, 0.15) is 10.4 Å². The highest BCUT2D eigenvalue weighted by atomic mass is 16.5. The van der Waals surface area contributed by atoms with Gasteiger partial charge in [0.1, 0.15) is 17.6 Å². The fraction of sp³-hybridized carbons (Fsp3) is 0.0909. The monoisotopic (exact) mass is 220 g/mol. The summed E-state index contributed by atoms with van der Waals surface area (Å²) >= 11 is 0. The van der Waals surface area contributed by atoms with E-state index in [-0.39, 0.29) is 10.9 Å². The largest absolute Gasteiger partial charge is 0.497 e. The van der Waals surface area contributed by atoms with E-state index in [1.165, 1.54) is 19.2 Å². The van der Waals surface area contributed by atoms with Crippen molar-refractivity contribution in [2.75, 3.05) is 7.11 Å². The Labute approximate surface area is 89.9 Å². The first-order chi connectivity index (χ1) is 7.63. The molecular weight excluding hydrogens is 212 g/mol. The van der Waals surface area contributed by atoms with Crippen molar-refractivity contribution in [3.8, 4) is 5.75 Å². The number of methoxy groups -OCH3 is 1. The van der Waals surface area contributed by atoms with Gasteiger partial charge in [0.15, 0.2) is 0 Å². The van der Waals surface area contributed by atoms with Crippen LogP contribution in [-0.2, 0) is 0 Å². The molecule has 5 nitrogen and oxygen atoms in total. The summed E-state index contributed by atoms with van der Waals surface area (Å²) in [5, 5.41) is 9.47. The Balaban J connectivity index is 2.88. The molecule has 0 fully saturated rings. The third-order valence-corrected chi connectivity index (χ3v) is 2.25. The fourth-order valence-electron chi connectivity index (χ4n) is 1.46. The lowest BCUT2D eigenvalue weighted by atomic mass is 10.1. The zero-order chi connectivity index (χ0) is 11.7. The molecule has 0 saturated carbocycles. The second-order valence-electron chi connectivity index (χ2n) is 3.15. The predicted molar refractivity (Wildman–Crippen MR) is 56.0 cm³/mol. The van der Waals surface area contributed by atoms with Gasteiger partial charge in [0.05, 0.1) is 12.5 Å². The average Bonchev–Trinajstić information content (AvgIpc) is 2.28. The molecule has 0 aliphatic rings. The minimum absolute atomic E-state index is 0.0616. The summed E-state index contributed by atoms with van der Waals surface area (Å²) in [6, 6.07) is 4.55. The molecule has 5 heteroatoms. The molecule has 1 N–H and O–H groups in total. The molecule has 1 aromatic heterocycles. The smallest absolute Gasteiger partial charge is 0.343 e. The first kappa shape index (κ1) is 10.2. The number of hydrogen-bond acceptors (Lipinski definition) is 4. The Bertz CT molecular complexity index is 611. The van der Waals surface area contributed by atoms with Crippen molar-refractivity contribution in [3.05, 3.63) is 40.4 Å². The van der Waals surface area contributed by atoms with Gasteiger partial charge in [-0.05, 0) is 18.2 Å². The summed E-state index contributed by atoms with van der Waals surface area (Å²) in [4.78, 5) is 22.3. The standard InChI is InChI=1S/C11H8O5/c1-15-6-2-3-7-8(4-6)9(10(12)13)5-16-11(7)14/h2-5H,1H3,(H,12,13). The maximum Gasteiger partial charge on any atom is 0.343 e. The van der Waals surface area contributed by atoms with Gasteiger partial charge >= 0.3 is 11.6 Å². The molecule has 2 rings (SSSR count). The number of rotatable bonds is 2. The Kier molecular flexibility index (Phi) is 2.36. The van der Waals surface area contributed by atoms with Crippen molar-refractivity contribution in [2.45, 2.75) is 0 Å². The summed E-state index contributed by atoms with van der Waals surface area (Å²) < 4.78 is 9.60. The van der Waals surface area contributed by atoms with Crippen molar-refractivity contribution in [3.63, 3.8) is 0 Å². The van der Waals surface area contributed by atoms with Crippen LogP contribution >= 0.6 is 0 Å². The summed E-state index contributed by atoms with van der Waals surface area (Å²) in [6.07, 6.45) is 0.937. The molecule has 0 unspecified atom stereocenters. The highest BCUT2D eigenvalue weighted by molar-refractivity contribution is 6.03. The lowest BCUT2D eigenvalue weighted by molar-refractivity contribution is 0.0696. The van der Waals surface area contributed by atoms with Gasteiger partial charge in [-0.1, -0.05) is 0 Å². The maximum absolute atomic E-state index is 11.4. The fourth-order valence-corrected chi connectivity index (χ4v) is 1.46. The number of aromatic carboxylic acids is 1. The van der Waals surface area contributed by atoms with Crippen molar-refractivity contribution in [1.29, 1.82) is 0 Å². The molecular formula is C11H8O5. The van der Waals surface area contributed by atoms with Crippen LogP contribution in [0.5, 0.6) is 5.75 Å². The van der Waals surface area contributed by atoms with E-state index in [4.69, 9.17) is 9.84 Å². The van der Waals surface area contributed by atoms with Gasteiger partial charge in [-0.3, -0.25) is 0 Å². The summed E-state index contributed by atoms with van der Waals surface area (Å²) in [7, 11) is 1.47. The summed E-state index contributed by atoms with van der Waals surface area (Å²) in [5.41, 5.74) is -0.629. The van der Waals surface area contributed by atoms with E-state index in [9.17, 15) is 9.59 Å². The zero-order valence-corrected chi connectivity index (χ0v) is 8.39. The van der Waals surface area contributed by atoms with Crippen LogP contribution in [0.3, 0.4) is 0 Å². The van der Waals surface area contributed by atoms with Crippen molar-refractivity contribution in [1.82, 2.24) is 0 Å². The number of fused-ring (bicyclic) bond motifs is 1. The Morgan fingerprint density at radius 2 is 2.12 bits per heavy atom. The van der Waals surface area contributed by atoms with Crippen molar-refractivity contribution < 1.29 is 19.1 Å². The van der Waals surface area contributed by atoms with Crippen LogP contribution in [0, 0.1) is 0 Å². The number of carboxylic acid groups (broad SMARTS) is 1. The van der Waals surface area contributed by atoms with Crippen molar-refractivity contribution >= 4 is 16.7 Å². The third-order valence-electron chi connectivity index (χ3n) is 2.25. The number of carboxylic acids is 1. The lowest BCUT2D eigenvalue weighted by Gasteiger charge is -2.03. The first-order valence-corrected chi connectivity index (χ1v) is 4.46. The molecule has 0 aliphatic heterocycles. The van der Waals surface area contributed by atoms with Gasteiger partial charge in [-0.15, -0.1) is 0 Å². The van der Waals surface area contributed by atoms with Crippen LogP contribution in [0.15, 0.2) is 33.7 Å². The number of carbonyl (C=O) groups is 1. The van der Waals surface area contributed by atoms with Gasteiger partial charge in [0, 0.05) is 5.39 Å². The average molecular weight is 220 g/mol. The van der Waals surface area contributed by atoms with E-state index in [2.05, 4.69) is 4.42 Å². The van der Waals surface area contributed by atoms with Gasteiger partial charge in [0.2, 0.25) is 0 Å². The Morgan fingerprint density at radius 1 is 1.38 bits per heavy atom. The highest BCUT2D eigenvalue weighted by Gasteiger charge is 2.12. The molecule has 1 heterocycles. The Hall–Kier alpha value is -2.30. The van der Waals surface area contributed by atoms with Gasteiger partial charge in [0.25, 0.3) is 0 Å². The van der Waals surface area contributed by atoms with Gasteiger partial charge < -0.3 is 14.3 Å². The highest BCUT2D eigenvalue weighted by Crippen LogP contribution is 2.21. The summed E-state index contributed by atoms with van der Waals surface area (Å²) in [6.45, 7) is 0. The molecule has 0 spiro atoms. The van der Waals surface area contributed by atoms with E-state index in [1.807, 2.05) is 0 Å². The normalized spacial score (nSPS) is 10.3. The zero-order valence-electron chi connectivity index (χ0n) is 8.39. The van der Waals surface area contributed by atoms with E-state index < -0.39 is 11.6 Å². The molecule has 0 bridgehead atoms. The lowest BCUT2D eigenvalue weighted by Crippen LogP contribution is -2.05. The third kappa shape index (κ3) is 1.52. The number of ether oxygens (including phenoxy) is 1. The topological polar surface area (TPSA) is 76.7 Å². The van der Waals surface area contributed by atoms with Crippen LogP contribution in [-0.4, -0.2) is 18.2 Å². The van der Waals surface area contributed by atoms with Gasteiger partial charge in [-0.25, -0.2) is 9.59 Å². The Morgan fingerprint density at radius 3 is 2.75 bits per heavy atom.